The first kappa shape index (κ1) is 29.3. The van der Waals surface area contributed by atoms with E-state index in [1.54, 1.807) is 0 Å². The predicted molar refractivity (Wildman–Crippen MR) is 118 cm³/mol. The Bertz CT molecular complexity index is 497. The number of hydrogen-bond acceptors (Lipinski definition) is 2. The van der Waals surface area contributed by atoms with E-state index in [4.69, 9.17) is 6.11 Å². The van der Waals surface area contributed by atoms with Crippen LogP contribution in [0.25, 0.3) is 0 Å². The Hall–Kier alpha value is 0.249. The topological polar surface area (TPSA) is 26.3 Å². The van der Waals surface area contributed by atoms with Gasteiger partial charge in [-0.05, 0) is 136 Å². The van der Waals surface area contributed by atoms with Crippen molar-refractivity contribution in [2.24, 2.45) is 0 Å². The molecule has 2 nitrogen and oxygen atoms in total. The van der Waals surface area contributed by atoms with Crippen LogP contribution in [-0.2, 0) is 43.7 Å². The van der Waals surface area contributed by atoms with Crippen LogP contribution < -0.4 is 0 Å². The Kier molecular flexibility index (Phi) is 16.7. The number of hydrogen-bond donors (Lipinski definition) is 0. The Morgan fingerprint density at radius 1 is 0.710 bits per heavy atom. The van der Waals surface area contributed by atoms with E-state index in [0.29, 0.717) is 17.4 Å². The molecular weight excluding hydrogens is 468 g/mol. The molecule has 0 aromatic rings. The number of allylic oxidation sites excluding steroid dienone is 1. The third-order valence-electron chi connectivity index (χ3n) is 3.60. The molecule has 0 atom stereocenters. The summed E-state index contributed by atoms with van der Waals surface area (Å²) in [5.74, 6) is 0.965. The minimum absolute atomic E-state index is 0. The summed E-state index contributed by atoms with van der Waals surface area (Å²) in [5, 5.41) is 0. The van der Waals surface area contributed by atoms with Gasteiger partial charge >= 0.3 is 40.1 Å². The molecule has 20 radical (unpaired) electrons. The van der Waals surface area contributed by atoms with Crippen LogP contribution in [-0.4, -0.2) is 11.6 Å². The Balaban J connectivity index is 0.000000657. The molecule has 0 spiro atoms. The van der Waals surface area contributed by atoms with Crippen molar-refractivity contribution >= 4 is 5.97 Å². The quantitative estimate of drug-likeness (QED) is 0.308. The van der Waals surface area contributed by atoms with Gasteiger partial charge in [-0.3, -0.25) is 0 Å². The van der Waals surface area contributed by atoms with E-state index in [0.717, 1.165) is 0 Å². The minimum atomic E-state index is -0.582. The first-order valence-corrected chi connectivity index (χ1v) is 9.60. The van der Waals surface area contributed by atoms with E-state index >= 15 is 0 Å². The molecule has 4 aliphatic rings. The SMILES string of the molecule is [2H]/C([C]1[CH][CH][CH][CH]1)=C(/[C]1[CH][CH][CH][CH]1)C(=O)OC(C)(C)C.[CH]1[CH][CH][CH][CH]1.[CH]1[CH][CH][CH][CH]1.[Fe+2].[Fe+2]. The first-order chi connectivity index (χ1) is 14.4. The van der Waals surface area contributed by atoms with Crippen molar-refractivity contribution in [3.8, 4) is 0 Å². The van der Waals surface area contributed by atoms with Crippen molar-refractivity contribution < 1.29 is 45.0 Å². The normalized spacial score (nSPS) is 22.6. The first-order valence-electron chi connectivity index (χ1n) is 10.1. The number of rotatable bonds is 3. The van der Waals surface area contributed by atoms with Gasteiger partial charge in [0.2, 0.25) is 0 Å². The second-order valence-electron chi connectivity index (χ2n) is 7.27. The zero-order valence-corrected chi connectivity index (χ0v) is 20.1. The van der Waals surface area contributed by atoms with Crippen LogP contribution in [0.4, 0.5) is 0 Å². The molecule has 0 aromatic heterocycles. The van der Waals surface area contributed by atoms with E-state index in [1.807, 2.05) is 136 Å². The maximum absolute atomic E-state index is 12.4. The number of carbonyl (C=O) groups excluding carboxylic acids is 1. The maximum Gasteiger partial charge on any atom is 2.00 e. The summed E-state index contributed by atoms with van der Waals surface area (Å²) in [7, 11) is 0. The van der Waals surface area contributed by atoms with Crippen LogP contribution in [0.1, 0.15) is 22.1 Å². The molecule has 4 saturated carbocycles. The molecule has 160 valence electrons. The van der Waals surface area contributed by atoms with Crippen LogP contribution in [0, 0.1) is 127 Å². The van der Waals surface area contributed by atoms with Gasteiger partial charge in [-0.2, -0.15) is 0 Å². The number of carbonyl (C=O) groups is 1. The third-order valence-corrected chi connectivity index (χ3v) is 3.60. The molecule has 4 heteroatoms. The van der Waals surface area contributed by atoms with Crippen LogP contribution >= 0.6 is 0 Å². The third kappa shape index (κ3) is 14.2. The molecule has 0 amide bonds. The molecule has 0 bridgehead atoms. The summed E-state index contributed by atoms with van der Waals surface area (Å²) >= 11 is 0. The maximum atomic E-state index is 12.4. The molecule has 4 rings (SSSR count). The van der Waals surface area contributed by atoms with E-state index in [1.165, 1.54) is 0 Å². The molecule has 0 heterocycles. The van der Waals surface area contributed by atoms with Crippen molar-refractivity contribution in [1.82, 2.24) is 0 Å². The average molecular weight is 497 g/mol. The Morgan fingerprint density at radius 2 is 1.06 bits per heavy atom. The summed E-state index contributed by atoms with van der Waals surface area (Å²) in [6.07, 6.45) is 34.7. The fourth-order valence-electron chi connectivity index (χ4n) is 2.35. The van der Waals surface area contributed by atoms with Crippen molar-refractivity contribution in [2.75, 3.05) is 0 Å². The molecule has 0 saturated heterocycles. The van der Waals surface area contributed by atoms with Gasteiger partial charge in [0.1, 0.15) is 5.60 Å². The molecule has 0 N–H and O–H groups in total. The average Bonchev–Trinajstić information content (AvgIpc) is 3.53. The van der Waals surface area contributed by atoms with Gasteiger partial charge in [0.25, 0.3) is 0 Å². The second-order valence-corrected chi connectivity index (χ2v) is 7.27. The van der Waals surface area contributed by atoms with Crippen molar-refractivity contribution in [2.45, 2.75) is 26.4 Å². The molecule has 0 aromatic carbocycles. The van der Waals surface area contributed by atoms with Gasteiger partial charge in [-0.15, -0.1) is 0 Å². The summed E-state index contributed by atoms with van der Waals surface area (Å²) < 4.78 is 13.7. The van der Waals surface area contributed by atoms with Crippen LogP contribution in [0.2, 0.25) is 0 Å². The monoisotopic (exact) mass is 497 g/mol. The van der Waals surface area contributed by atoms with Crippen molar-refractivity contribution in [3.63, 3.8) is 0 Å². The van der Waals surface area contributed by atoms with Gasteiger partial charge in [0, 0.05) is 17.4 Å². The molecular formula is C27H28Fe2O2+4. The van der Waals surface area contributed by atoms with E-state index in [2.05, 4.69) is 0 Å². The predicted octanol–water partition coefficient (Wildman–Crippen LogP) is 5.10. The van der Waals surface area contributed by atoms with Crippen LogP contribution in [0.3, 0.4) is 0 Å². The van der Waals surface area contributed by atoms with E-state index in [-0.39, 0.29) is 40.2 Å². The molecule has 0 unspecified atom stereocenters. The Labute approximate surface area is 215 Å². The zero-order chi connectivity index (χ0) is 21.8. The molecule has 4 aliphatic carbocycles. The fourth-order valence-corrected chi connectivity index (χ4v) is 2.35. The van der Waals surface area contributed by atoms with Crippen LogP contribution in [0.5, 0.6) is 0 Å². The summed E-state index contributed by atoms with van der Waals surface area (Å²) in [4.78, 5) is 12.4. The van der Waals surface area contributed by atoms with E-state index in [9.17, 15) is 4.79 Å². The zero-order valence-electron chi connectivity index (χ0n) is 18.9. The second kappa shape index (κ2) is 17.7. The van der Waals surface area contributed by atoms with E-state index < -0.39 is 11.6 Å². The van der Waals surface area contributed by atoms with Gasteiger partial charge in [0.15, 0.2) is 0 Å². The summed E-state index contributed by atoms with van der Waals surface area (Å²) in [6.45, 7) is 5.46. The molecule has 0 aliphatic heterocycles. The number of esters is 1. The fraction of sp³-hybridized carbons (Fsp3) is 0.148. The van der Waals surface area contributed by atoms with Gasteiger partial charge in [-0.1, -0.05) is 6.05 Å². The summed E-state index contributed by atoms with van der Waals surface area (Å²) in [5.41, 5.74) is -0.280. The van der Waals surface area contributed by atoms with Crippen LogP contribution in [0.15, 0.2) is 11.6 Å². The number of ether oxygens (including phenoxy) is 1. The van der Waals surface area contributed by atoms with Gasteiger partial charge in [-0.25, -0.2) is 4.79 Å². The van der Waals surface area contributed by atoms with Gasteiger partial charge in [0.05, 0.1) is 1.37 Å². The van der Waals surface area contributed by atoms with Crippen molar-refractivity contribution in [3.05, 3.63) is 139 Å². The standard InChI is InChI=1S/C17H18O2.2C5H5.2Fe/c1-17(2,3)19-16(18)15(14-10-6-7-11-14)12-13-8-4-5-9-13;2*1-2-4-5-3-1;;/h4-12H,1-3H3;2*1-5H;;/q;;;2*+2/b15-12+;;;;/i12D;;;;. The smallest absolute Gasteiger partial charge is 0.457 e. The van der Waals surface area contributed by atoms with Gasteiger partial charge < -0.3 is 4.74 Å². The summed E-state index contributed by atoms with van der Waals surface area (Å²) in [6, 6.07) is 0.190. The van der Waals surface area contributed by atoms with Crippen molar-refractivity contribution in [1.29, 1.82) is 0 Å². The molecule has 4 fully saturated rings. The largest absolute Gasteiger partial charge is 2.00 e. The Morgan fingerprint density at radius 3 is 1.42 bits per heavy atom. The minimum Gasteiger partial charge on any atom is -0.457 e. The molecule has 31 heavy (non-hydrogen) atoms.